The van der Waals surface area contributed by atoms with Crippen molar-refractivity contribution < 1.29 is 0 Å². The summed E-state index contributed by atoms with van der Waals surface area (Å²) in [5.41, 5.74) is 3.77. The van der Waals surface area contributed by atoms with Gasteiger partial charge in [0.15, 0.2) is 0 Å². The molecule has 3 rings (SSSR count). The van der Waals surface area contributed by atoms with Gasteiger partial charge in [-0.05, 0) is 48.6 Å². The summed E-state index contributed by atoms with van der Waals surface area (Å²) in [7, 11) is 0. The first-order valence-electron chi connectivity index (χ1n) is 6.64. The van der Waals surface area contributed by atoms with Crippen LogP contribution in [-0.4, -0.2) is 6.54 Å². The summed E-state index contributed by atoms with van der Waals surface area (Å²) in [6, 6.07) is 9.54. The van der Waals surface area contributed by atoms with Crippen molar-refractivity contribution in [1.82, 2.24) is 5.32 Å². The molecule has 1 aromatic rings. The minimum absolute atomic E-state index is 0.625. The third kappa shape index (κ3) is 1.78. The molecule has 86 valence electrons. The molecule has 1 aromatic carbocycles. The normalized spacial score (nSPS) is 25.4. The summed E-state index contributed by atoms with van der Waals surface area (Å²) in [5, 5.41) is 3.79. The molecule has 1 unspecified atom stereocenters. The molecule has 0 aromatic heterocycles. The van der Waals surface area contributed by atoms with E-state index >= 15 is 0 Å². The lowest BCUT2D eigenvalue weighted by atomic mass is 10.0. The molecule has 0 saturated heterocycles. The van der Waals surface area contributed by atoms with E-state index in [1.54, 1.807) is 11.1 Å². The Hall–Kier alpha value is -0.820. The summed E-state index contributed by atoms with van der Waals surface area (Å²) < 4.78 is 0. The lowest BCUT2D eigenvalue weighted by molar-refractivity contribution is 0.403. The van der Waals surface area contributed by atoms with Crippen molar-refractivity contribution in [2.24, 2.45) is 5.41 Å². The van der Waals surface area contributed by atoms with Gasteiger partial charge in [0.2, 0.25) is 0 Å². The zero-order valence-corrected chi connectivity index (χ0v) is 10.1. The number of nitrogens with one attached hydrogen (secondary N) is 1. The van der Waals surface area contributed by atoms with E-state index in [4.69, 9.17) is 0 Å². The highest BCUT2D eigenvalue weighted by molar-refractivity contribution is 5.34. The van der Waals surface area contributed by atoms with Gasteiger partial charge in [-0.25, -0.2) is 0 Å². The number of fused-ring (bicyclic) bond motifs is 1. The quantitative estimate of drug-likeness (QED) is 0.811. The summed E-state index contributed by atoms with van der Waals surface area (Å²) in [4.78, 5) is 0. The van der Waals surface area contributed by atoms with Crippen LogP contribution >= 0.6 is 0 Å². The lowest BCUT2D eigenvalue weighted by Crippen LogP contribution is -2.26. The lowest BCUT2D eigenvalue weighted by Gasteiger charge is -2.19. The van der Waals surface area contributed by atoms with E-state index in [1.807, 2.05) is 0 Å². The van der Waals surface area contributed by atoms with Gasteiger partial charge in [0.25, 0.3) is 0 Å². The van der Waals surface area contributed by atoms with E-state index in [0.717, 1.165) is 0 Å². The molecule has 0 bridgehead atoms. The largest absolute Gasteiger partial charge is 0.309 e. The Kier molecular flexibility index (Phi) is 2.51. The van der Waals surface area contributed by atoms with E-state index in [1.165, 1.54) is 38.6 Å². The van der Waals surface area contributed by atoms with Gasteiger partial charge in [-0.3, -0.25) is 0 Å². The SMILES string of the molecule is CCC1(CNC2CCc3ccccc32)CC1. The van der Waals surface area contributed by atoms with E-state index in [-0.39, 0.29) is 0 Å². The molecule has 1 heteroatoms. The summed E-state index contributed by atoms with van der Waals surface area (Å²) in [6.45, 7) is 3.56. The number of aryl methyl sites for hydroxylation is 1. The fourth-order valence-corrected chi connectivity index (χ4v) is 2.94. The average Bonchev–Trinajstić information content (AvgIpc) is 3.01. The van der Waals surface area contributed by atoms with Gasteiger partial charge >= 0.3 is 0 Å². The summed E-state index contributed by atoms with van der Waals surface area (Å²) in [5.74, 6) is 0. The second-order valence-corrected chi connectivity index (χ2v) is 5.52. The molecule has 2 aliphatic carbocycles. The van der Waals surface area contributed by atoms with Crippen molar-refractivity contribution in [3.63, 3.8) is 0 Å². The molecule has 0 heterocycles. The maximum absolute atomic E-state index is 3.79. The van der Waals surface area contributed by atoms with Crippen molar-refractivity contribution in [2.45, 2.75) is 45.1 Å². The summed E-state index contributed by atoms with van der Waals surface area (Å²) in [6.07, 6.45) is 6.76. The van der Waals surface area contributed by atoms with Crippen LogP contribution in [0.5, 0.6) is 0 Å². The number of hydrogen-bond donors (Lipinski definition) is 1. The monoisotopic (exact) mass is 215 g/mol. The van der Waals surface area contributed by atoms with E-state index in [9.17, 15) is 0 Å². The molecule has 1 nitrogen and oxygen atoms in total. The zero-order chi connectivity index (χ0) is 11.0. The van der Waals surface area contributed by atoms with Crippen molar-refractivity contribution in [3.05, 3.63) is 35.4 Å². The van der Waals surface area contributed by atoms with Crippen LogP contribution in [0.4, 0.5) is 0 Å². The van der Waals surface area contributed by atoms with E-state index < -0.39 is 0 Å². The molecule has 0 radical (unpaired) electrons. The molecule has 0 amide bonds. The third-order valence-corrected chi connectivity index (χ3v) is 4.56. The minimum Gasteiger partial charge on any atom is -0.309 e. The zero-order valence-electron chi connectivity index (χ0n) is 10.1. The Labute approximate surface area is 98.3 Å². The smallest absolute Gasteiger partial charge is 0.0326 e. The maximum atomic E-state index is 3.79. The topological polar surface area (TPSA) is 12.0 Å². The molecule has 1 atom stereocenters. The second kappa shape index (κ2) is 3.89. The van der Waals surface area contributed by atoms with Crippen LogP contribution < -0.4 is 5.32 Å². The Morgan fingerprint density at radius 2 is 2.12 bits per heavy atom. The number of benzene rings is 1. The van der Waals surface area contributed by atoms with Crippen LogP contribution in [-0.2, 0) is 6.42 Å². The van der Waals surface area contributed by atoms with Crippen LogP contribution in [0.1, 0.15) is 49.8 Å². The molecule has 16 heavy (non-hydrogen) atoms. The first kappa shape index (κ1) is 10.3. The molecule has 0 aliphatic heterocycles. The van der Waals surface area contributed by atoms with Gasteiger partial charge in [0.05, 0.1) is 0 Å². The van der Waals surface area contributed by atoms with Gasteiger partial charge in [-0.15, -0.1) is 0 Å². The van der Waals surface area contributed by atoms with Gasteiger partial charge in [-0.2, -0.15) is 0 Å². The first-order chi connectivity index (χ1) is 7.83. The van der Waals surface area contributed by atoms with Gasteiger partial charge in [-0.1, -0.05) is 31.2 Å². The van der Waals surface area contributed by atoms with E-state index in [2.05, 4.69) is 36.5 Å². The third-order valence-electron chi connectivity index (χ3n) is 4.56. The van der Waals surface area contributed by atoms with Crippen molar-refractivity contribution in [3.8, 4) is 0 Å². The fourth-order valence-electron chi connectivity index (χ4n) is 2.94. The van der Waals surface area contributed by atoms with Crippen LogP contribution in [0.3, 0.4) is 0 Å². The maximum Gasteiger partial charge on any atom is 0.0326 e. The standard InChI is InChI=1S/C15H21N/c1-2-15(9-10-15)11-16-14-8-7-12-5-3-4-6-13(12)14/h3-6,14,16H,2,7-11H2,1H3. The van der Waals surface area contributed by atoms with Gasteiger partial charge in [0, 0.05) is 12.6 Å². The van der Waals surface area contributed by atoms with Crippen molar-refractivity contribution >= 4 is 0 Å². The number of rotatable bonds is 4. The van der Waals surface area contributed by atoms with Crippen LogP contribution in [0.15, 0.2) is 24.3 Å². The fraction of sp³-hybridized carbons (Fsp3) is 0.600. The molecule has 1 N–H and O–H groups in total. The Morgan fingerprint density at radius 3 is 2.88 bits per heavy atom. The first-order valence-corrected chi connectivity index (χ1v) is 6.64. The Balaban J connectivity index is 1.65. The molecular formula is C15H21N. The molecule has 0 spiro atoms. The van der Waals surface area contributed by atoms with Crippen molar-refractivity contribution in [1.29, 1.82) is 0 Å². The highest BCUT2D eigenvalue weighted by atomic mass is 14.9. The predicted octanol–water partition coefficient (Wildman–Crippen LogP) is 3.45. The highest BCUT2D eigenvalue weighted by Gasteiger charge is 2.40. The average molecular weight is 215 g/mol. The van der Waals surface area contributed by atoms with Gasteiger partial charge < -0.3 is 5.32 Å². The highest BCUT2D eigenvalue weighted by Crippen LogP contribution is 2.48. The van der Waals surface area contributed by atoms with E-state index in [0.29, 0.717) is 11.5 Å². The Morgan fingerprint density at radius 1 is 1.31 bits per heavy atom. The van der Waals surface area contributed by atoms with Crippen LogP contribution in [0.25, 0.3) is 0 Å². The predicted molar refractivity (Wildman–Crippen MR) is 67.5 cm³/mol. The van der Waals surface area contributed by atoms with Crippen molar-refractivity contribution in [2.75, 3.05) is 6.54 Å². The summed E-state index contributed by atoms with van der Waals surface area (Å²) >= 11 is 0. The van der Waals surface area contributed by atoms with Crippen LogP contribution in [0.2, 0.25) is 0 Å². The molecule has 1 fully saturated rings. The van der Waals surface area contributed by atoms with Gasteiger partial charge in [0.1, 0.15) is 0 Å². The Bertz CT molecular complexity index is 379. The number of hydrogen-bond acceptors (Lipinski definition) is 1. The minimum atomic E-state index is 0.625. The van der Waals surface area contributed by atoms with Crippen LogP contribution in [0, 0.1) is 5.41 Å². The molecule has 1 saturated carbocycles. The second-order valence-electron chi connectivity index (χ2n) is 5.52. The molecule has 2 aliphatic rings. The molecular weight excluding hydrogens is 194 g/mol.